The molecule has 5 heteroatoms. The maximum absolute atomic E-state index is 7.93. The van der Waals surface area contributed by atoms with E-state index in [0.717, 1.165) is 0 Å². The molecule has 0 fully saturated rings. The first-order chi connectivity index (χ1) is 7.74. The first-order valence-electron chi connectivity index (χ1n) is 4.53. The molecule has 0 aliphatic heterocycles. The van der Waals surface area contributed by atoms with Crippen LogP contribution in [0, 0.1) is 56.7 Å². The molecule has 0 aromatic rings. The summed E-state index contributed by atoms with van der Waals surface area (Å²) < 4.78 is 0. The fraction of sp³-hybridized carbons (Fsp3) is 0.545. The van der Waals surface area contributed by atoms with Crippen LogP contribution in [0.2, 0.25) is 0 Å². The van der Waals surface area contributed by atoms with Gasteiger partial charge in [-0.05, 0) is 6.42 Å². The normalized spacial score (nSPS) is 5.50. The van der Waals surface area contributed by atoms with E-state index in [0.29, 0.717) is 32.1 Å². The maximum Gasteiger partial charge on any atom is 0.0632 e. The Kier molecular flexibility index (Phi) is 35.1. The van der Waals surface area contributed by atoms with Gasteiger partial charge in [0, 0.05) is 32.6 Å². The highest BCUT2D eigenvalue weighted by Gasteiger charge is 1.79. The third-order valence-electron chi connectivity index (χ3n) is 0.926. The molecule has 0 saturated heterocycles. The summed E-state index contributed by atoms with van der Waals surface area (Å²) in [6.07, 6.45) is 2.45. The molecule has 0 rings (SSSR count). The van der Waals surface area contributed by atoms with Gasteiger partial charge in [0.1, 0.15) is 0 Å². The second-order valence-electron chi connectivity index (χ2n) is 2.21. The first kappa shape index (κ1) is 19.1. The Labute approximate surface area is 96.4 Å². The van der Waals surface area contributed by atoms with Crippen LogP contribution in [0.3, 0.4) is 0 Å². The minimum atomic E-state index is 0.358. The molecule has 0 bridgehead atoms. The summed E-state index contributed by atoms with van der Waals surface area (Å²) in [5, 5.41) is 38.8. The fourth-order valence-electron chi connectivity index (χ4n) is 0.358. The Morgan fingerprint density at radius 1 is 0.625 bits per heavy atom. The van der Waals surface area contributed by atoms with Gasteiger partial charge in [-0.25, -0.2) is 0 Å². The van der Waals surface area contributed by atoms with Crippen molar-refractivity contribution in [1.29, 1.82) is 26.3 Å². The number of nitrogens with zero attached hydrogens (tertiary/aromatic N) is 5. The van der Waals surface area contributed by atoms with Crippen molar-refractivity contribution in [3.05, 3.63) is 0 Å². The lowest BCUT2D eigenvalue weighted by molar-refractivity contribution is 0.885. The van der Waals surface area contributed by atoms with Crippen molar-refractivity contribution in [1.82, 2.24) is 0 Å². The fourth-order valence-corrected chi connectivity index (χ4v) is 0.358. The van der Waals surface area contributed by atoms with Gasteiger partial charge in [-0.15, -0.1) is 0 Å². The number of hydrogen-bond acceptors (Lipinski definition) is 5. The van der Waals surface area contributed by atoms with Crippen LogP contribution in [-0.2, 0) is 0 Å². The Balaban J connectivity index is -0.000000172. The molecule has 0 spiro atoms. The molecule has 0 aromatic carbocycles. The molecule has 0 aliphatic rings. The third-order valence-corrected chi connectivity index (χ3v) is 0.926. The summed E-state index contributed by atoms with van der Waals surface area (Å²) in [6, 6.07) is 9.35. The molecule has 0 atom stereocenters. The number of nitriles is 5. The van der Waals surface area contributed by atoms with Gasteiger partial charge in [0.15, 0.2) is 0 Å². The van der Waals surface area contributed by atoms with Crippen molar-refractivity contribution >= 4 is 0 Å². The Morgan fingerprint density at radius 3 is 1.06 bits per heavy atom. The highest BCUT2D eigenvalue weighted by molar-refractivity contribution is 4.78. The summed E-state index contributed by atoms with van der Waals surface area (Å²) >= 11 is 0. The minimum Gasteiger partial charge on any atom is -0.199 e. The molecular weight excluding hydrogens is 202 g/mol. The Bertz CT molecular complexity index is 298. The molecular formula is C11H13N5. The van der Waals surface area contributed by atoms with E-state index in [1.165, 1.54) is 6.92 Å². The lowest BCUT2D eigenvalue weighted by atomic mass is 10.3. The number of hydrogen-bond donors (Lipinski definition) is 0. The van der Waals surface area contributed by atoms with Crippen molar-refractivity contribution in [2.75, 3.05) is 0 Å². The molecule has 82 valence electrons. The standard InChI is InChI=1S/C5H6N2.C4H4N2.C2H3N/c6-4-2-1-3-5-7;5-3-1-2-4-6;1-2-3/h1-3H2;1-2H2;1H3. The van der Waals surface area contributed by atoms with Crippen LogP contribution in [0.4, 0.5) is 0 Å². The zero-order valence-electron chi connectivity index (χ0n) is 9.27. The highest BCUT2D eigenvalue weighted by atomic mass is 14.2. The number of rotatable bonds is 3. The van der Waals surface area contributed by atoms with Crippen LogP contribution >= 0.6 is 0 Å². The Morgan fingerprint density at radius 2 is 0.875 bits per heavy atom. The summed E-state index contributed by atoms with van der Waals surface area (Å²) in [7, 11) is 0. The topological polar surface area (TPSA) is 119 Å². The van der Waals surface area contributed by atoms with Crippen LogP contribution in [0.5, 0.6) is 0 Å². The van der Waals surface area contributed by atoms with Crippen LogP contribution in [0.25, 0.3) is 0 Å². The molecule has 0 aromatic heterocycles. The van der Waals surface area contributed by atoms with Crippen LogP contribution in [0.1, 0.15) is 39.0 Å². The largest absolute Gasteiger partial charge is 0.199 e. The van der Waals surface area contributed by atoms with E-state index in [1.807, 2.05) is 24.3 Å². The Hall–Kier alpha value is -2.55. The van der Waals surface area contributed by atoms with E-state index in [1.54, 1.807) is 6.07 Å². The van der Waals surface area contributed by atoms with Crippen LogP contribution in [0.15, 0.2) is 0 Å². The molecule has 0 N–H and O–H groups in total. The molecule has 16 heavy (non-hydrogen) atoms. The van der Waals surface area contributed by atoms with Gasteiger partial charge in [-0.3, -0.25) is 0 Å². The van der Waals surface area contributed by atoms with E-state index in [4.69, 9.17) is 26.3 Å². The number of unbranched alkanes of at least 4 members (excludes halogenated alkanes) is 3. The van der Waals surface area contributed by atoms with Crippen LogP contribution < -0.4 is 0 Å². The van der Waals surface area contributed by atoms with Gasteiger partial charge in [0.2, 0.25) is 0 Å². The molecule has 0 saturated carbocycles. The van der Waals surface area contributed by atoms with Crippen molar-refractivity contribution in [2.45, 2.75) is 39.0 Å². The molecule has 0 amide bonds. The van der Waals surface area contributed by atoms with E-state index < -0.39 is 0 Å². The molecule has 0 heterocycles. The van der Waals surface area contributed by atoms with Gasteiger partial charge >= 0.3 is 0 Å². The summed E-state index contributed by atoms with van der Waals surface area (Å²) in [6.45, 7) is 1.43. The lowest BCUT2D eigenvalue weighted by Crippen LogP contribution is -1.65. The molecule has 5 nitrogen and oxygen atoms in total. The average Bonchev–Trinajstić information content (AvgIpc) is 2.29. The molecule has 0 radical (unpaired) electrons. The summed E-state index contributed by atoms with van der Waals surface area (Å²) in [4.78, 5) is 0. The smallest absolute Gasteiger partial charge is 0.0632 e. The third kappa shape index (κ3) is 63.1. The second kappa shape index (κ2) is 29.4. The van der Waals surface area contributed by atoms with Gasteiger partial charge in [-0.2, -0.15) is 26.3 Å². The average molecular weight is 215 g/mol. The van der Waals surface area contributed by atoms with Crippen molar-refractivity contribution in [3.63, 3.8) is 0 Å². The minimum absolute atomic E-state index is 0.358. The molecule has 0 aliphatic carbocycles. The highest BCUT2D eigenvalue weighted by Crippen LogP contribution is 1.89. The van der Waals surface area contributed by atoms with E-state index in [9.17, 15) is 0 Å². The first-order valence-corrected chi connectivity index (χ1v) is 4.53. The predicted octanol–water partition coefficient (Wildman–Crippen LogP) is 2.55. The van der Waals surface area contributed by atoms with Crippen molar-refractivity contribution in [3.8, 4) is 30.3 Å². The van der Waals surface area contributed by atoms with E-state index in [-0.39, 0.29) is 0 Å². The zero-order chi connectivity index (χ0) is 13.1. The molecule has 0 unspecified atom stereocenters. The summed E-state index contributed by atoms with van der Waals surface area (Å²) in [5.41, 5.74) is 0. The summed E-state index contributed by atoms with van der Waals surface area (Å²) in [5.74, 6) is 0. The lowest BCUT2D eigenvalue weighted by Gasteiger charge is -1.75. The van der Waals surface area contributed by atoms with Gasteiger partial charge in [0.05, 0.1) is 30.3 Å². The zero-order valence-corrected chi connectivity index (χ0v) is 9.27. The maximum atomic E-state index is 7.93. The predicted molar refractivity (Wildman–Crippen MR) is 56.8 cm³/mol. The quantitative estimate of drug-likeness (QED) is 0.670. The second-order valence-corrected chi connectivity index (χ2v) is 2.21. The SMILES string of the molecule is CC#N.N#CCCC#N.N#CCCCC#N. The van der Waals surface area contributed by atoms with Crippen LogP contribution in [-0.4, -0.2) is 0 Å². The van der Waals surface area contributed by atoms with Gasteiger partial charge < -0.3 is 0 Å². The van der Waals surface area contributed by atoms with Gasteiger partial charge in [0.25, 0.3) is 0 Å². The monoisotopic (exact) mass is 215 g/mol. The van der Waals surface area contributed by atoms with Gasteiger partial charge in [-0.1, -0.05) is 0 Å². The van der Waals surface area contributed by atoms with E-state index in [2.05, 4.69) is 0 Å². The van der Waals surface area contributed by atoms with Crippen molar-refractivity contribution < 1.29 is 0 Å². The van der Waals surface area contributed by atoms with E-state index >= 15 is 0 Å². The van der Waals surface area contributed by atoms with Crippen molar-refractivity contribution in [2.24, 2.45) is 0 Å².